The number of aliphatic hydroxyl groups is 1. The van der Waals surface area contributed by atoms with Crippen molar-refractivity contribution in [3.8, 4) is 0 Å². The fourth-order valence-corrected chi connectivity index (χ4v) is 3.43. The van der Waals surface area contributed by atoms with E-state index in [4.69, 9.17) is 5.11 Å². The second-order valence-corrected chi connectivity index (χ2v) is 5.97. The fourth-order valence-electron chi connectivity index (χ4n) is 1.70. The average Bonchev–Trinajstić information content (AvgIpc) is 3.00. The van der Waals surface area contributed by atoms with E-state index in [1.165, 1.54) is 4.31 Å². The van der Waals surface area contributed by atoms with Crippen LogP contribution in [0.5, 0.6) is 0 Å². The number of H-pyrrole nitrogens is 1. The third kappa shape index (κ3) is 1.74. The average molecular weight is 245 g/mol. The monoisotopic (exact) mass is 245 g/mol. The topological polar surface area (TPSA) is 86.3 Å². The van der Waals surface area contributed by atoms with E-state index in [9.17, 15) is 8.42 Å². The molecule has 2 N–H and O–H groups in total. The van der Waals surface area contributed by atoms with Crippen LogP contribution in [-0.4, -0.2) is 41.1 Å². The zero-order chi connectivity index (χ0) is 11.9. The summed E-state index contributed by atoms with van der Waals surface area (Å²) in [6, 6.07) is 0.103. The molecule has 1 heterocycles. The lowest BCUT2D eigenvalue weighted by molar-refractivity contribution is 0.273. The molecule has 1 aromatic heterocycles. The number of aryl methyl sites for hydroxylation is 1. The Morgan fingerprint density at radius 2 is 2.19 bits per heavy atom. The van der Waals surface area contributed by atoms with Gasteiger partial charge in [-0.3, -0.25) is 5.10 Å². The van der Waals surface area contributed by atoms with Crippen molar-refractivity contribution >= 4 is 10.0 Å². The molecule has 6 nitrogen and oxygen atoms in total. The van der Waals surface area contributed by atoms with Crippen LogP contribution in [-0.2, 0) is 16.6 Å². The minimum atomic E-state index is -3.53. The van der Waals surface area contributed by atoms with Crippen molar-refractivity contribution in [2.45, 2.75) is 37.3 Å². The number of nitrogens with zero attached hydrogens (tertiary/aromatic N) is 2. The van der Waals surface area contributed by atoms with E-state index in [1.807, 2.05) is 0 Å². The Bertz CT molecular complexity index is 490. The number of nitrogens with one attached hydrogen (secondary N) is 1. The first-order chi connectivity index (χ1) is 7.48. The molecule has 90 valence electrons. The highest BCUT2D eigenvalue weighted by atomic mass is 32.2. The molecule has 1 fully saturated rings. The summed E-state index contributed by atoms with van der Waals surface area (Å²) in [6.07, 6.45) is 1.81. The van der Waals surface area contributed by atoms with Gasteiger partial charge in [-0.25, -0.2) is 8.42 Å². The van der Waals surface area contributed by atoms with Gasteiger partial charge in [0.1, 0.15) is 10.6 Å². The van der Waals surface area contributed by atoms with Crippen LogP contribution in [0.3, 0.4) is 0 Å². The fraction of sp³-hybridized carbons (Fsp3) is 0.667. The van der Waals surface area contributed by atoms with Crippen molar-refractivity contribution in [1.29, 1.82) is 0 Å². The van der Waals surface area contributed by atoms with Crippen LogP contribution in [0.15, 0.2) is 4.90 Å². The third-order valence-corrected chi connectivity index (χ3v) is 4.92. The zero-order valence-corrected chi connectivity index (χ0v) is 10.1. The summed E-state index contributed by atoms with van der Waals surface area (Å²) in [5.74, 6) is 0. The summed E-state index contributed by atoms with van der Waals surface area (Å²) in [4.78, 5) is 0.115. The first-order valence-corrected chi connectivity index (χ1v) is 6.55. The Morgan fingerprint density at radius 1 is 1.56 bits per heavy atom. The van der Waals surface area contributed by atoms with Gasteiger partial charge < -0.3 is 5.11 Å². The van der Waals surface area contributed by atoms with Gasteiger partial charge in [0.2, 0.25) is 10.0 Å². The van der Waals surface area contributed by atoms with Crippen molar-refractivity contribution in [3.63, 3.8) is 0 Å². The molecule has 0 amide bonds. The van der Waals surface area contributed by atoms with Crippen LogP contribution in [0.1, 0.15) is 24.2 Å². The normalized spacial score (nSPS) is 17.0. The Labute approximate surface area is 94.3 Å². The van der Waals surface area contributed by atoms with E-state index in [-0.39, 0.29) is 23.2 Å². The second kappa shape index (κ2) is 3.83. The molecule has 2 rings (SSSR count). The highest BCUT2D eigenvalue weighted by Crippen LogP contribution is 2.32. The maximum atomic E-state index is 12.2. The third-order valence-electron chi connectivity index (χ3n) is 2.81. The van der Waals surface area contributed by atoms with Gasteiger partial charge in [-0.15, -0.1) is 0 Å². The summed E-state index contributed by atoms with van der Waals surface area (Å²) in [6.45, 7) is 1.26. The Kier molecular flexibility index (Phi) is 2.77. The van der Waals surface area contributed by atoms with E-state index in [0.717, 1.165) is 12.8 Å². The molecule has 0 aliphatic heterocycles. The molecule has 1 aliphatic carbocycles. The number of rotatable bonds is 4. The molecule has 0 aromatic carbocycles. The largest absolute Gasteiger partial charge is 0.390 e. The predicted octanol–water partition coefficient (Wildman–Crippen LogP) is -0.00668. The highest BCUT2D eigenvalue weighted by molar-refractivity contribution is 7.89. The van der Waals surface area contributed by atoms with Crippen LogP contribution >= 0.6 is 0 Å². The van der Waals surface area contributed by atoms with Gasteiger partial charge in [0.15, 0.2) is 0 Å². The number of aromatic nitrogens is 2. The molecule has 0 atom stereocenters. The molecule has 0 bridgehead atoms. The number of hydrogen-bond acceptors (Lipinski definition) is 4. The molecule has 0 saturated heterocycles. The molecule has 0 spiro atoms. The van der Waals surface area contributed by atoms with Crippen molar-refractivity contribution in [2.24, 2.45) is 0 Å². The summed E-state index contributed by atoms with van der Waals surface area (Å²) in [5.41, 5.74) is 0.654. The Morgan fingerprint density at radius 3 is 2.69 bits per heavy atom. The zero-order valence-electron chi connectivity index (χ0n) is 9.27. The smallest absolute Gasteiger partial charge is 0.246 e. The molecule has 0 unspecified atom stereocenters. The van der Waals surface area contributed by atoms with Crippen molar-refractivity contribution in [1.82, 2.24) is 14.5 Å². The Hall–Kier alpha value is -0.920. The van der Waals surface area contributed by atoms with E-state index in [2.05, 4.69) is 10.2 Å². The lowest BCUT2D eigenvalue weighted by atomic mass is 10.4. The minimum Gasteiger partial charge on any atom is -0.390 e. The number of aliphatic hydroxyl groups excluding tert-OH is 1. The second-order valence-electron chi connectivity index (χ2n) is 4.03. The van der Waals surface area contributed by atoms with E-state index >= 15 is 0 Å². The van der Waals surface area contributed by atoms with Crippen molar-refractivity contribution in [2.75, 3.05) is 7.05 Å². The molecular weight excluding hydrogens is 230 g/mol. The van der Waals surface area contributed by atoms with E-state index < -0.39 is 10.0 Å². The van der Waals surface area contributed by atoms with Crippen molar-refractivity contribution < 1.29 is 13.5 Å². The lowest BCUT2D eigenvalue weighted by Gasteiger charge is -2.16. The van der Waals surface area contributed by atoms with Gasteiger partial charge in [0.05, 0.1) is 12.3 Å². The highest BCUT2D eigenvalue weighted by Gasteiger charge is 2.37. The quantitative estimate of drug-likeness (QED) is 0.781. The van der Waals surface area contributed by atoms with Crippen LogP contribution in [0.25, 0.3) is 0 Å². The van der Waals surface area contributed by atoms with Crippen molar-refractivity contribution in [3.05, 3.63) is 11.4 Å². The van der Waals surface area contributed by atoms with E-state index in [1.54, 1.807) is 14.0 Å². The van der Waals surface area contributed by atoms with E-state index in [0.29, 0.717) is 5.69 Å². The van der Waals surface area contributed by atoms with Gasteiger partial charge in [-0.2, -0.15) is 9.40 Å². The summed E-state index contributed by atoms with van der Waals surface area (Å²) in [7, 11) is -1.96. The van der Waals surface area contributed by atoms with Crippen LogP contribution in [0.2, 0.25) is 0 Å². The maximum absolute atomic E-state index is 12.2. The molecule has 1 aromatic rings. The Balaban J connectivity index is 2.45. The predicted molar refractivity (Wildman–Crippen MR) is 57.2 cm³/mol. The van der Waals surface area contributed by atoms with Gasteiger partial charge in [-0.1, -0.05) is 0 Å². The molecule has 1 saturated carbocycles. The van der Waals surface area contributed by atoms with Gasteiger partial charge in [0, 0.05) is 13.1 Å². The minimum absolute atomic E-state index is 0.103. The summed E-state index contributed by atoms with van der Waals surface area (Å²) in [5, 5.41) is 15.4. The van der Waals surface area contributed by atoms with Gasteiger partial charge in [-0.05, 0) is 19.8 Å². The van der Waals surface area contributed by atoms with Crippen LogP contribution in [0, 0.1) is 6.92 Å². The van der Waals surface area contributed by atoms with Crippen LogP contribution in [0.4, 0.5) is 0 Å². The number of hydrogen-bond donors (Lipinski definition) is 2. The van der Waals surface area contributed by atoms with Crippen LogP contribution < -0.4 is 0 Å². The van der Waals surface area contributed by atoms with Gasteiger partial charge >= 0.3 is 0 Å². The molecule has 0 radical (unpaired) electrons. The summed E-state index contributed by atoms with van der Waals surface area (Å²) < 4.78 is 25.8. The maximum Gasteiger partial charge on any atom is 0.246 e. The summed E-state index contributed by atoms with van der Waals surface area (Å²) >= 11 is 0. The molecule has 1 aliphatic rings. The number of sulfonamides is 1. The van der Waals surface area contributed by atoms with Gasteiger partial charge in [0.25, 0.3) is 0 Å². The SMILES string of the molecule is Cc1[nH]nc(CO)c1S(=O)(=O)N(C)C1CC1. The standard InChI is InChI=1S/C9H15N3O3S/c1-6-9(8(5-13)11-10-6)16(14,15)12(2)7-3-4-7/h7,13H,3-5H2,1-2H3,(H,10,11). The molecule has 16 heavy (non-hydrogen) atoms. The molecular formula is C9H15N3O3S. The first-order valence-electron chi connectivity index (χ1n) is 5.11. The molecule has 7 heteroatoms. The lowest BCUT2D eigenvalue weighted by Crippen LogP contribution is -2.29. The number of aromatic amines is 1. The first kappa shape index (κ1) is 11.6.